The van der Waals surface area contributed by atoms with Crippen LogP contribution in [-0.2, 0) is 0 Å². The highest BCUT2D eigenvalue weighted by Crippen LogP contribution is 2.28. The van der Waals surface area contributed by atoms with E-state index in [0.29, 0.717) is 23.9 Å². The summed E-state index contributed by atoms with van der Waals surface area (Å²) in [6.07, 6.45) is 6.97. The van der Waals surface area contributed by atoms with Crippen LogP contribution in [-0.4, -0.2) is 56.9 Å². The highest BCUT2D eigenvalue weighted by Gasteiger charge is 2.26. The third-order valence-corrected chi connectivity index (χ3v) is 5.50. The van der Waals surface area contributed by atoms with E-state index in [1.165, 1.54) is 11.3 Å². The van der Waals surface area contributed by atoms with Gasteiger partial charge in [0.05, 0.1) is 5.69 Å². The third-order valence-electron chi connectivity index (χ3n) is 4.30. The number of piperazine rings is 1. The average molecular weight is 366 g/mol. The van der Waals surface area contributed by atoms with Gasteiger partial charge in [0.2, 0.25) is 5.95 Å². The van der Waals surface area contributed by atoms with Crippen LogP contribution in [0.2, 0.25) is 0 Å². The van der Waals surface area contributed by atoms with Gasteiger partial charge in [-0.2, -0.15) is 0 Å². The van der Waals surface area contributed by atoms with Crippen LogP contribution >= 0.6 is 11.3 Å². The number of aryl methyl sites for hydroxylation is 1. The fraction of sp³-hybridized carbons (Fsp3) is 0.278. The lowest BCUT2D eigenvalue weighted by Crippen LogP contribution is -2.49. The number of aromatic nitrogens is 4. The van der Waals surface area contributed by atoms with Gasteiger partial charge in [0.1, 0.15) is 9.88 Å². The number of amides is 1. The van der Waals surface area contributed by atoms with Gasteiger partial charge in [-0.1, -0.05) is 0 Å². The summed E-state index contributed by atoms with van der Waals surface area (Å²) in [7, 11) is 0. The van der Waals surface area contributed by atoms with Crippen LogP contribution in [0.3, 0.4) is 0 Å². The van der Waals surface area contributed by atoms with Crippen molar-refractivity contribution >= 4 is 23.2 Å². The normalized spacial score (nSPS) is 14.5. The van der Waals surface area contributed by atoms with Gasteiger partial charge in [0.15, 0.2) is 0 Å². The third kappa shape index (κ3) is 3.28. The Bertz CT molecular complexity index is 891. The van der Waals surface area contributed by atoms with Gasteiger partial charge in [0, 0.05) is 56.5 Å². The van der Waals surface area contributed by atoms with E-state index in [1.54, 1.807) is 30.9 Å². The Morgan fingerprint density at radius 2 is 1.85 bits per heavy atom. The van der Waals surface area contributed by atoms with E-state index in [2.05, 4.69) is 24.8 Å². The second-order valence-electron chi connectivity index (χ2n) is 6.00. The molecule has 7 nitrogen and oxygen atoms in total. The molecule has 0 spiro atoms. The van der Waals surface area contributed by atoms with Gasteiger partial charge in [0.25, 0.3) is 5.91 Å². The summed E-state index contributed by atoms with van der Waals surface area (Å²) in [6.45, 7) is 4.64. The first-order valence-corrected chi connectivity index (χ1v) is 9.23. The molecule has 0 aliphatic carbocycles. The molecule has 1 aliphatic rings. The topological polar surface area (TPSA) is 75.1 Å². The Labute approximate surface area is 155 Å². The average Bonchev–Trinajstić information content (AvgIpc) is 3.10. The van der Waals surface area contributed by atoms with Gasteiger partial charge < -0.3 is 9.80 Å². The van der Waals surface area contributed by atoms with Crippen LogP contribution in [0.15, 0.2) is 43.0 Å². The maximum absolute atomic E-state index is 12.9. The highest BCUT2D eigenvalue weighted by molar-refractivity contribution is 7.17. The summed E-state index contributed by atoms with van der Waals surface area (Å²) in [5, 5.41) is 0.829. The van der Waals surface area contributed by atoms with Gasteiger partial charge in [-0.05, 0) is 25.1 Å². The molecule has 0 bridgehead atoms. The Morgan fingerprint density at radius 1 is 1.08 bits per heavy atom. The lowest BCUT2D eigenvalue weighted by molar-refractivity contribution is 0.0750. The number of nitrogens with zero attached hydrogens (tertiary/aromatic N) is 6. The summed E-state index contributed by atoms with van der Waals surface area (Å²) < 4.78 is 0. The quantitative estimate of drug-likeness (QED) is 0.708. The zero-order valence-electron chi connectivity index (χ0n) is 14.4. The molecule has 4 heterocycles. The van der Waals surface area contributed by atoms with Crippen molar-refractivity contribution in [1.29, 1.82) is 0 Å². The van der Waals surface area contributed by atoms with Gasteiger partial charge in [-0.15, -0.1) is 11.3 Å². The smallest absolute Gasteiger partial charge is 0.265 e. The lowest BCUT2D eigenvalue weighted by atomic mass is 10.2. The minimum atomic E-state index is 0.0452. The van der Waals surface area contributed by atoms with Crippen molar-refractivity contribution in [3.05, 3.63) is 53.6 Å². The first kappa shape index (κ1) is 16.6. The standard InChI is InChI=1S/C18H18N6OS/c1-13-15(26-16(22-13)14-4-2-5-19-12-14)17(25)23-8-10-24(11-9-23)18-20-6-3-7-21-18/h2-7,12H,8-11H2,1H3. The Morgan fingerprint density at radius 3 is 2.54 bits per heavy atom. The molecule has 0 unspecified atom stereocenters. The second-order valence-corrected chi connectivity index (χ2v) is 7.00. The zero-order valence-corrected chi connectivity index (χ0v) is 15.2. The molecule has 1 saturated heterocycles. The van der Waals surface area contributed by atoms with Crippen LogP contribution in [0.5, 0.6) is 0 Å². The largest absolute Gasteiger partial charge is 0.337 e. The molecule has 0 N–H and O–H groups in total. The first-order valence-electron chi connectivity index (χ1n) is 8.41. The minimum Gasteiger partial charge on any atom is -0.337 e. The minimum absolute atomic E-state index is 0.0452. The highest BCUT2D eigenvalue weighted by atomic mass is 32.1. The number of hydrogen-bond acceptors (Lipinski definition) is 7. The molecule has 26 heavy (non-hydrogen) atoms. The van der Waals surface area contributed by atoms with E-state index in [0.717, 1.165) is 29.4 Å². The number of carbonyl (C=O) groups is 1. The van der Waals surface area contributed by atoms with Crippen molar-refractivity contribution in [1.82, 2.24) is 24.8 Å². The van der Waals surface area contributed by atoms with Crippen molar-refractivity contribution in [3.63, 3.8) is 0 Å². The van der Waals surface area contributed by atoms with Gasteiger partial charge in [-0.25, -0.2) is 15.0 Å². The molecule has 3 aromatic rings. The summed E-state index contributed by atoms with van der Waals surface area (Å²) in [4.78, 5) is 34.9. The molecule has 0 aromatic carbocycles. The monoisotopic (exact) mass is 366 g/mol. The Hall–Kier alpha value is -2.87. The summed E-state index contributed by atoms with van der Waals surface area (Å²) in [5.74, 6) is 0.760. The predicted molar refractivity (Wildman–Crippen MR) is 100 cm³/mol. The molecule has 1 amide bonds. The van der Waals surface area contributed by atoms with Gasteiger partial charge in [-0.3, -0.25) is 9.78 Å². The second kappa shape index (κ2) is 7.17. The number of rotatable bonds is 3. The van der Waals surface area contributed by atoms with Crippen molar-refractivity contribution < 1.29 is 4.79 Å². The molecule has 3 aromatic heterocycles. The van der Waals surface area contributed by atoms with Crippen molar-refractivity contribution in [2.75, 3.05) is 31.1 Å². The van der Waals surface area contributed by atoms with Crippen LogP contribution in [0.1, 0.15) is 15.4 Å². The maximum atomic E-state index is 12.9. The molecule has 132 valence electrons. The van der Waals surface area contributed by atoms with E-state index < -0.39 is 0 Å². The summed E-state index contributed by atoms with van der Waals surface area (Å²) in [6, 6.07) is 5.63. The molecule has 0 atom stereocenters. The number of pyridine rings is 1. The first-order chi connectivity index (χ1) is 12.7. The molecular weight excluding hydrogens is 348 g/mol. The predicted octanol–water partition coefficient (Wildman–Crippen LogP) is 2.27. The molecule has 0 radical (unpaired) electrons. The van der Waals surface area contributed by atoms with Crippen LogP contribution in [0.25, 0.3) is 10.6 Å². The maximum Gasteiger partial charge on any atom is 0.265 e. The molecule has 4 rings (SSSR count). The van der Waals surface area contributed by atoms with Crippen molar-refractivity contribution in [2.24, 2.45) is 0 Å². The van der Waals surface area contributed by atoms with Crippen LogP contribution in [0.4, 0.5) is 5.95 Å². The van der Waals surface area contributed by atoms with Crippen LogP contribution < -0.4 is 4.90 Å². The van der Waals surface area contributed by atoms with Crippen molar-refractivity contribution in [3.8, 4) is 10.6 Å². The fourth-order valence-electron chi connectivity index (χ4n) is 2.92. The lowest BCUT2D eigenvalue weighted by Gasteiger charge is -2.34. The molecular formula is C18H18N6OS. The number of thiazole rings is 1. The fourth-order valence-corrected chi connectivity index (χ4v) is 3.94. The summed E-state index contributed by atoms with van der Waals surface area (Å²) >= 11 is 1.43. The zero-order chi connectivity index (χ0) is 17.9. The van der Waals surface area contributed by atoms with E-state index in [9.17, 15) is 4.79 Å². The van der Waals surface area contributed by atoms with E-state index in [4.69, 9.17) is 0 Å². The number of anilines is 1. The number of hydrogen-bond donors (Lipinski definition) is 0. The molecule has 8 heteroatoms. The van der Waals surface area contributed by atoms with Crippen LogP contribution in [0, 0.1) is 6.92 Å². The van der Waals surface area contributed by atoms with Gasteiger partial charge >= 0.3 is 0 Å². The Balaban J connectivity index is 1.47. The molecule has 1 aliphatic heterocycles. The molecule has 0 saturated carbocycles. The molecule has 1 fully saturated rings. The Kier molecular flexibility index (Phi) is 4.57. The number of carbonyl (C=O) groups excluding carboxylic acids is 1. The van der Waals surface area contributed by atoms with E-state index in [-0.39, 0.29) is 5.91 Å². The van der Waals surface area contributed by atoms with E-state index >= 15 is 0 Å². The SMILES string of the molecule is Cc1nc(-c2cccnc2)sc1C(=O)N1CCN(c2ncccn2)CC1. The summed E-state index contributed by atoms with van der Waals surface area (Å²) in [5.41, 5.74) is 1.71. The van der Waals surface area contributed by atoms with Crippen molar-refractivity contribution in [2.45, 2.75) is 6.92 Å². The van der Waals surface area contributed by atoms with E-state index in [1.807, 2.05) is 24.0 Å².